The second kappa shape index (κ2) is 2.66. The zero-order chi connectivity index (χ0) is 7.68. The maximum absolute atomic E-state index is 8.62. The molecule has 0 atom stereocenters. The van der Waals surface area contributed by atoms with Gasteiger partial charge in [-0.2, -0.15) is 0 Å². The molecular weight excluding hydrogens is 137 g/mol. The molecule has 1 N–H and O–H groups in total. The summed E-state index contributed by atoms with van der Waals surface area (Å²) in [6, 6.07) is 3.88. The number of rotatable bonds is 2. The Kier molecular flexibility index (Phi) is 1.66. The van der Waals surface area contributed by atoms with Gasteiger partial charge in [0.1, 0.15) is 0 Å². The zero-order valence-electron chi connectivity index (χ0n) is 6.20. The summed E-state index contributed by atoms with van der Waals surface area (Å²) in [4.78, 5) is 4.22. The van der Waals surface area contributed by atoms with E-state index in [1.807, 2.05) is 12.1 Å². The average Bonchev–Trinajstić information content (AvgIpc) is 2.87. The topological polar surface area (TPSA) is 33.1 Å². The van der Waals surface area contributed by atoms with Gasteiger partial charge in [0, 0.05) is 17.8 Å². The van der Waals surface area contributed by atoms with E-state index in [4.69, 9.17) is 5.02 Å². The molecule has 0 aliphatic heterocycles. The summed E-state index contributed by atoms with van der Waals surface area (Å²) in [6.07, 6.45) is 4.25. The summed E-state index contributed by atoms with van der Waals surface area (Å²) >= 11 is 0. The molecule has 1 heterocycles. The van der Waals surface area contributed by atoms with Crippen LogP contribution in [0.5, 0.6) is 0 Å². The third-order valence-electron chi connectivity index (χ3n) is 1.95. The quantitative estimate of drug-likeness (QED) is 0.604. The van der Waals surface area contributed by atoms with Gasteiger partial charge in [-0.25, -0.2) is 0 Å². The average molecular weight is 146 g/mol. The molecule has 0 aromatic carbocycles. The predicted octanol–water partition coefficient (Wildman–Crippen LogP) is 0.196. The number of hydrogen-bond donors (Lipinski definition) is 1. The summed E-state index contributed by atoms with van der Waals surface area (Å²) in [5.41, 5.74) is 1.94. The molecule has 0 amide bonds. The first-order valence-electron chi connectivity index (χ1n) is 3.83. The molecule has 1 fully saturated rings. The van der Waals surface area contributed by atoms with Crippen molar-refractivity contribution >= 4 is 12.9 Å². The van der Waals surface area contributed by atoms with Crippen LogP contribution in [0.4, 0.5) is 0 Å². The standard InChI is InChI=1S/C8H9BNO/c11-9-7-3-4-8(10-5-7)6-1-2-6/h3-6,11H,1-2H2. The summed E-state index contributed by atoms with van der Waals surface area (Å²) in [6.45, 7) is 0. The van der Waals surface area contributed by atoms with Crippen LogP contribution in [-0.4, -0.2) is 17.5 Å². The van der Waals surface area contributed by atoms with Crippen LogP contribution in [0.1, 0.15) is 24.5 Å². The lowest BCUT2D eigenvalue weighted by atomic mass is 9.90. The molecule has 2 rings (SSSR count). The normalized spacial score (nSPS) is 16.5. The fourth-order valence-electron chi connectivity index (χ4n) is 1.11. The van der Waals surface area contributed by atoms with Gasteiger partial charge in [0.05, 0.1) is 0 Å². The molecule has 1 aromatic heterocycles. The van der Waals surface area contributed by atoms with Crippen LogP contribution in [0.3, 0.4) is 0 Å². The number of pyridine rings is 1. The Balaban J connectivity index is 2.19. The molecule has 1 radical (unpaired) electrons. The smallest absolute Gasteiger partial charge is 0.328 e. The van der Waals surface area contributed by atoms with Crippen LogP contribution in [0, 0.1) is 0 Å². The lowest BCUT2D eigenvalue weighted by Crippen LogP contribution is -2.13. The Labute approximate surface area is 66.6 Å². The largest absolute Gasteiger partial charge is 0.450 e. The highest BCUT2D eigenvalue weighted by atomic mass is 16.2. The fraction of sp³-hybridized carbons (Fsp3) is 0.375. The van der Waals surface area contributed by atoms with E-state index in [1.54, 1.807) is 6.20 Å². The van der Waals surface area contributed by atoms with E-state index in [1.165, 1.54) is 12.8 Å². The Morgan fingerprint density at radius 1 is 1.45 bits per heavy atom. The van der Waals surface area contributed by atoms with Gasteiger partial charge in [0.2, 0.25) is 0 Å². The Bertz CT molecular complexity index is 243. The van der Waals surface area contributed by atoms with Crippen molar-refractivity contribution in [1.29, 1.82) is 0 Å². The highest BCUT2D eigenvalue weighted by Gasteiger charge is 2.24. The Morgan fingerprint density at radius 2 is 2.27 bits per heavy atom. The Morgan fingerprint density at radius 3 is 2.73 bits per heavy atom. The van der Waals surface area contributed by atoms with Crippen LogP contribution in [-0.2, 0) is 0 Å². The molecule has 1 aliphatic carbocycles. The van der Waals surface area contributed by atoms with E-state index in [0.717, 1.165) is 18.6 Å². The molecule has 2 nitrogen and oxygen atoms in total. The molecule has 11 heavy (non-hydrogen) atoms. The third-order valence-corrected chi connectivity index (χ3v) is 1.95. The van der Waals surface area contributed by atoms with Crippen LogP contribution < -0.4 is 5.46 Å². The monoisotopic (exact) mass is 146 g/mol. The lowest BCUT2D eigenvalue weighted by molar-refractivity contribution is 0.615. The Hall–Kier alpha value is -0.825. The second-order valence-electron chi connectivity index (χ2n) is 2.92. The first-order chi connectivity index (χ1) is 5.40. The molecule has 0 spiro atoms. The molecule has 3 heteroatoms. The van der Waals surface area contributed by atoms with Crippen molar-refractivity contribution in [3.63, 3.8) is 0 Å². The number of hydrogen-bond acceptors (Lipinski definition) is 2. The van der Waals surface area contributed by atoms with Crippen molar-refractivity contribution in [1.82, 2.24) is 4.98 Å². The van der Waals surface area contributed by atoms with E-state index in [-0.39, 0.29) is 0 Å². The first kappa shape index (κ1) is 6.86. The highest BCUT2D eigenvalue weighted by Crippen LogP contribution is 2.38. The van der Waals surface area contributed by atoms with Gasteiger partial charge in [0.25, 0.3) is 0 Å². The minimum Gasteiger partial charge on any atom is -0.450 e. The molecule has 55 valence electrons. The summed E-state index contributed by atoms with van der Waals surface area (Å²) in [5.74, 6) is 0.697. The van der Waals surface area contributed by atoms with Crippen LogP contribution in [0.25, 0.3) is 0 Å². The van der Waals surface area contributed by atoms with E-state index < -0.39 is 0 Å². The van der Waals surface area contributed by atoms with Crippen molar-refractivity contribution in [3.05, 3.63) is 24.0 Å². The molecular formula is C8H9BNO. The summed E-state index contributed by atoms with van der Waals surface area (Å²) in [5, 5.41) is 8.62. The van der Waals surface area contributed by atoms with Crippen molar-refractivity contribution in [3.8, 4) is 0 Å². The van der Waals surface area contributed by atoms with E-state index in [9.17, 15) is 0 Å². The van der Waals surface area contributed by atoms with E-state index >= 15 is 0 Å². The van der Waals surface area contributed by atoms with Gasteiger partial charge in [-0.15, -0.1) is 0 Å². The van der Waals surface area contributed by atoms with Gasteiger partial charge in [-0.3, -0.25) is 4.98 Å². The van der Waals surface area contributed by atoms with Crippen molar-refractivity contribution < 1.29 is 5.02 Å². The van der Waals surface area contributed by atoms with Crippen LogP contribution in [0.15, 0.2) is 18.3 Å². The van der Waals surface area contributed by atoms with Gasteiger partial charge < -0.3 is 5.02 Å². The molecule has 0 saturated heterocycles. The third kappa shape index (κ3) is 1.43. The SMILES string of the molecule is O[B]c1ccc(C2CC2)nc1. The molecule has 0 bridgehead atoms. The predicted molar refractivity (Wildman–Crippen MR) is 43.8 cm³/mol. The maximum atomic E-state index is 8.62. The minimum atomic E-state index is 0.697. The maximum Gasteiger partial charge on any atom is 0.328 e. The van der Waals surface area contributed by atoms with Crippen molar-refractivity contribution in [2.75, 3.05) is 0 Å². The lowest BCUT2D eigenvalue weighted by Gasteiger charge is -1.96. The van der Waals surface area contributed by atoms with Crippen molar-refractivity contribution in [2.45, 2.75) is 18.8 Å². The second-order valence-corrected chi connectivity index (χ2v) is 2.92. The van der Waals surface area contributed by atoms with Gasteiger partial charge >= 0.3 is 7.48 Å². The number of nitrogens with zero attached hydrogens (tertiary/aromatic N) is 1. The minimum absolute atomic E-state index is 0.697. The van der Waals surface area contributed by atoms with Crippen LogP contribution in [0.2, 0.25) is 0 Å². The molecule has 1 saturated carbocycles. The fourth-order valence-corrected chi connectivity index (χ4v) is 1.11. The summed E-state index contributed by atoms with van der Waals surface area (Å²) < 4.78 is 0. The number of aromatic nitrogens is 1. The highest BCUT2D eigenvalue weighted by molar-refractivity contribution is 6.45. The van der Waals surface area contributed by atoms with Gasteiger partial charge in [-0.05, 0) is 24.4 Å². The van der Waals surface area contributed by atoms with E-state index in [0.29, 0.717) is 5.92 Å². The van der Waals surface area contributed by atoms with Gasteiger partial charge in [-0.1, -0.05) is 6.07 Å². The molecule has 1 aromatic rings. The zero-order valence-corrected chi connectivity index (χ0v) is 6.20. The summed E-state index contributed by atoms with van der Waals surface area (Å²) in [7, 11) is 1.07. The van der Waals surface area contributed by atoms with Crippen LogP contribution >= 0.6 is 0 Å². The van der Waals surface area contributed by atoms with Gasteiger partial charge in [0.15, 0.2) is 0 Å². The van der Waals surface area contributed by atoms with E-state index in [2.05, 4.69) is 4.98 Å². The molecule has 0 unspecified atom stereocenters. The van der Waals surface area contributed by atoms with Crippen molar-refractivity contribution in [2.24, 2.45) is 0 Å². The molecule has 1 aliphatic rings. The first-order valence-corrected chi connectivity index (χ1v) is 3.83.